The van der Waals surface area contributed by atoms with Crippen LogP contribution in [0.15, 0.2) is 45.8 Å². The molecule has 8 nitrogen and oxygen atoms in total. The topological polar surface area (TPSA) is 126 Å². The maximum Gasteiger partial charge on any atom is 0.338 e. The number of thiophene rings is 1. The number of fused-ring (bicyclic) bond motifs is 1. The summed E-state index contributed by atoms with van der Waals surface area (Å²) >= 11 is 1.05. The molecule has 0 fully saturated rings. The Morgan fingerprint density at radius 1 is 1.17 bits per heavy atom. The largest absolute Gasteiger partial charge is 0.483 e. The number of ether oxygens (including phenoxy) is 1. The molecule has 3 rings (SSSR count). The number of benzene rings is 1. The van der Waals surface area contributed by atoms with Gasteiger partial charge in [0.25, 0.3) is 5.56 Å². The summed E-state index contributed by atoms with van der Waals surface area (Å²) in [6.45, 7) is 4.97. The van der Waals surface area contributed by atoms with Crippen LogP contribution in [0.4, 0.5) is 8.78 Å². The summed E-state index contributed by atoms with van der Waals surface area (Å²) in [6.07, 6.45) is 3.69. The summed E-state index contributed by atoms with van der Waals surface area (Å²) in [7, 11) is 2.99. The number of hydrogen-bond acceptors (Lipinski definition) is 7. The second-order valence-corrected chi connectivity index (χ2v) is 8.38. The van der Waals surface area contributed by atoms with Gasteiger partial charge in [0.05, 0.1) is 25.6 Å². The molecule has 0 aliphatic rings. The predicted octanol–water partition coefficient (Wildman–Crippen LogP) is 2.04. The van der Waals surface area contributed by atoms with E-state index in [1.165, 1.54) is 31.7 Å². The van der Waals surface area contributed by atoms with Crippen molar-refractivity contribution in [3.63, 3.8) is 0 Å². The van der Waals surface area contributed by atoms with E-state index < -0.39 is 36.0 Å². The molecule has 0 atom stereocenters. The third-order valence-corrected chi connectivity index (χ3v) is 6.13. The first-order valence-electron chi connectivity index (χ1n) is 10.8. The van der Waals surface area contributed by atoms with Gasteiger partial charge in [0, 0.05) is 11.6 Å². The Morgan fingerprint density at radius 2 is 1.77 bits per heavy atom. The fraction of sp³-hybridized carbons (Fsp3) is 0.304. The highest BCUT2D eigenvalue weighted by atomic mass is 32.1. The zero-order chi connectivity index (χ0) is 26.3. The SMILES string of the molecule is CCC.C[B]c1sc2c(c1CO)c(=O)n(/C(N)=C/C=C(\N)OC)c(=O)n2Cc1c(F)cccc1F. The van der Waals surface area contributed by atoms with Crippen LogP contribution in [-0.2, 0) is 17.9 Å². The molecule has 0 aliphatic carbocycles. The van der Waals surface area contributed by atoms with E-state index in [0.717, 1.165) is 28.0 Å². The van der Waals surface area contributed by atoms with E-state index >= 15 is 0 Å². The van der Waals surface area contributed by atoms with Crippen LogP contribution in [0.25, 0.3) is 16.0 Å². The van der Waals surface area contributed by atoms with E-state index in [-0.39, 0.29) is 33.0 Å². The van der Waals surface area contributed by atoms with Crippen LogP contribution in [-0.4, -0.2) is 28.6 Å². The third kappa shape index (κ3) is 5.83. The van der Waals surface area contributed by atoms with Crippen LogP contribution >= 0.6 is 11.3 Å². The van der Waals surface area contributed by atoms with Gasteiger partial charge < -0.3 is 21.3 Å². The highest BCUT2D eigenvalue weighted by molar-refractivity contribution is 7.27. The summed E-state index contributed by atoms with van der Waals surface area (Å²) in [5, 5.41) is 9.91. The normalized spacial score (nSPS) is 11.9. The molecule has 0 spiro atoms. The van der Waals surface area contributed by atoms with Crippen molar-refractivity contribution in [2.24, 2.45) is 11.5 Å². The molecule has 0 saturated heterocycles. The zero-order valence-electron chi connectivity index (χ0n) is 20.0. The zero-order valence-corrected chi connectivity index (χ0v) is 20.8. The molecule has 0 amide bonds. The standard InChI is InChI=1S/C20H20BF2N4O4S.C3H8/c1-21-17-11(9-28)16-18(29)27(14(24)6-7-15(25)31-2)20(30)26(19(16)32-17)8-10-12(22)4-3-5-13(10)23;1-3-2/h3-7,28H,8-9,24-25H2,1-2H3;3H2,1-2H3/b14-6+,15-7+;. The Balaban J connectivity index is 0.00000137. The van der Waals surface area contributed by atoms with Crippen LogP contribution in [0.3, 0.4) is 0 Å². The fourth-order valence-corrected chi connectivity index (χ4v) is 4.38. The maximum absolute atomic E-state index is 14.3. The van der Waals surface area contributed by atoms with Crippen molar-refractivity contribution >= 4 is 39.4 Å². The summed E-state index contributed by atoms with van der Waals surface area (Å²) in [4.78, 5) is 26.7. The van der Waals surface area contributed by atoms with Gasteiger partial charge in [-0.3, -0.25) is 9.36 Å². The lowest BCUT2D eigenvalue weighted by molar-refractivity contribution is 0.284. The molecule has 0 aliphatic heterocycles. The summed E-state index contributed by atoms with van der Waals surface area (Å²) in [5.41, 5.74) is 9.78. The number of aliphatic hydroxyl groups excluding tert-OH is 1. The number of hydrogen-bond donors (Lipinski definition) is 3. The Bertz CT molecular complexity index is 1360. The van der Waals surface area contributed by atoms with E-state index in [2.05, 4.69) is 13.8 Å². The molecular weight excluding hydrogens is 477 g/mol. The molecule has 5 N–H and O–H groups in total. The second-order valence-electron chi connectivity index (χ2n) is 7.35. The Morgan fingerprint density at radius 3 is 2.29 bits per heavy atom. The van der Waals surface area contributed by atoms with Gasteiger partial charge >= 0.3 is 5.69 Å². The van der Waals surface area contributed by atoms with Crippen molar-refractivity contribution in [1.82, 2.24) is 9.13 Å². The second kappa shape index (κ2) is 12.4. The fourth-order valence-electron chi connectivity index (χ4n) is 3.19. The molecule has 1 aromatic carbocycles. The number of nitrogens with two attached hydrogens (primary N) is 2. The minimum Gasteiger partial charge on any atom is -0.483 e. The average Bonchev–Trinajstić information content (AvgIpc) is 3.21. The molecule has 2 aromatic heterocycles. The number of rotatable bonds is 7. The highest BCUT2D eigenvalue weighted by Crippen LogP contribution is 2.22. The Labute approximate surface area is 206 Å². The molecule has 0 bridgehead atoms. The lowest BCUT2D eigenvalue weighted by Crippen LogP contribution is -2.41. The van der Waals surface area contributed by atoms with Gasteiger partial charge in [0.15, 0.2) is 13.2 Å². The lowest BCUT2D eigenvalue weighted by Gasteiger charge is -2.13. The first-order chi connectivity index (χ1) is 16.7. The molecular formula is C23H28BF2N4O4S. The average molecular weight is 505 g/mol. The van der Waals surface area contributed by atoms with E-state index in [0.29, 0.717) is 9.34 Å². The molecule has 187 valence electrons. The molecule has 2 heterocycles. The maximum atomic E-state index is 14.3. The minimum atomic E-state index is -0.906. The smallest absolute Gasteiger partial charge is 0.338 e. The van der Waals surface area contributed by atoms with Gasteiger partial charge in [-0.05, 0) is 28.5 Å². The van der Waals surface area contributed by atoms with Gasteiger partial charge in [0.1, 0.15) is 22.3 Å². The van der Waals surface area contributed by atoms with Gasteiger partial charge in [-0.25, -0.2) is 18.1 Å². The van der Waals surface area contributed by atoms with Crippen molar-refractivity contribution in [2.75, 3.05) is 7.11 Å². The van der Waals surface area contributed by atoms with Crippen molar-refractivity contribution in [1.29, 1.82) is 0 Å². The number of allylic oxidation sites excluding steroid dienone is 2. The molecule has 0 unspecified atom stereocenters. The highest BCUT2D eigenvalue weighted by Gasteiger charge is 2.23. The lowest BCUT2D eigenvalue weighted by atomic mass is 9.78. The van der Waals surface area contributed by atoms with E-state index in [1.54, 1.807) is 14.1 Å². The number of aliphatic hydroxyl groups is 1. The molecule has 3 aromatic rings. The van der Waals surface area contributed by atoms with Crippen LogP contribution in [0, 0.1) is 11.6 Å². The van der Waals surface area contributed by atoms with E-state index in [1.807, 2.05) is 0 Å². The molecule has 0 saturated carbocycles. The minimum absolute atomic E-state index is 0.0229. The molecule has 1 radical (unpaired) electrons. The van der Waals surface area contributed by atoms with Crippen molar-refractivity contribution < 1.29 is 18.6 Å². The number of aromatic nitrogens is 2. The van der Waals surface area contributed by atoms with E-state index in [4.69, 9.17) is 16.2 Å². The number of nitrogens with zero attached hydrogens (tertiary/aromatic N) is 2. The van der Waals surface area contributed by atoms with Crippen LogP contribution < -0.4 is 27.5 Å². The molecule has 35 heavy (non-hydrogen) atoms. The van der Waals surface area contributed by atoms with Crippen LogP contribution in [0.1, 0.15) is 31.4 Å². The number of halogens is 2. The Hall–Kier alpha value is -3.38. The summed E-state index contributed by atoms with van der Waals surface area (Å²) < 4.78 is 35.7. The van der Waals surface area contributed by atoms with Crippen LogP contribution in [0.5, 0.6) is 0 Å². The monoisotopic (exact) mass is 505 g/mol. The van der Waals surface area contributed by atoms with Gasteiger partial charge in [-0.2, -0.15) is 0 Å². The first-order valence-corrected chi connectivity index (χ1v) is 11.6. The van der Waals surface area contributed by atoms with Crippen LogP contribution in [0.2, 0.25) is 6.82 Å². The van der Waals surface area contributed by atoms with Gasteiger partial charge in [0.2, 0.25) is 0 Å². The molecule has 12 heteroatoms. The summed E-state index contributed by atoms with van der Waals surface area (Å²) in [6, 6.07) is 3.35. The van der Waals surface area contributed by atoms with Crippen molar-refractivity contribution in [3.05, 3.63) is 79.8 Å². The van der Waals surface area contributed by atoms with Gasteiger partial charge in [-0.1, -0.05) is 33.2 Å². The third-order valence-electron chi connectivity index (χ3n) is 4.81. The Kier molecular flexibility index (Phi) is 9.84. The van der Waals surface area contributed by atoms with Gasteiger partial charge in [-0.15, -0.1) is 11.3 Å². The van der Waals surface area contributed by atoms with Crippen molar-refractivity contribution in [2.45, 2.75) is 40.2 Å². The summed E-state index contributed by atoms with van der Waals surface area (Å²) in [5.74, 6) is -2.00. The predicted molar refractivity (Wildman–Crippen MR) is 137 cm³/mol. The number of methoxy groups -OCH3 is 1. The van der Waals surface area contributed by atoms with E-state index in [9.17, 15) is 23.5 Å². The van der Waals surface area contributed by atoms with Crippen molar-refractivity contribution in [3.8, 4) is 0 Å². The first kappa shape index (κ1) is 27.9. The quantitative estimate of drug-likeness (QED) is 0.257.